The van der Waals surface area contributed by atoms with E-state index in [-0.39, 0.29) is 0 Å². The topological polar surface area (TPSA) is 61.6 Å². The zero-order valence-corrected chi connectivity index (χ0v) is 11.7. The Bertz CT molecular complexity index is 768. The van der Waals surface area contributed by atoms with Crippen molar-refractivity contribution in [3.63, 3.8) is 0 Å². The molecule has 0 unspecified atom stereocenters. The summed E-state index contributed by atoms with van der Waals surface area (Å²) >= 11 is 1.61. The third-order valence-corrected chi connectivity index (χ3v) is 3.93. The molecule has 4 nitrogen and oxygen atoms in total. The molecule has 0 amide bonds. The molecule has 2 heterocycles. The second kappa shape index (κ2) is 5.27. The first-order valence-corrected chi connectivity index (χ1v) is 7.14. The van der Waals surface area contributed by atoms with E-state index in [1.165, 1.54) is 0 Å². The number of fused-ring (bicyclic) bond motifs is 1. The minimum atomic E-state index is 0.553. The Morgan fingerprint density at radius 1 is 1.20 bits per heavy atom. The number of rotatable bonds is 3. The molecule has 0 saturated heterocycles. The lowest BCUT2D eigenvalue weighted by atomic mass is 10.2. The summed E-state index contributed by atoms with van der Waals surface area (Å²) in [7, 11) is 0. The molecule has 3 aromatic rings. The summed E-state index contributed by atoms with van der Waals surface area (Å²) in [5.74, 6) is 0.617. The minimum absolute atomic E-state index is 0.553. The van der Waals surface area contributed by atoms with Crippen molar-refractivity contribution < 1.29 is 0 Å². The van der Waals surface area contributed by atoms with Gasteiger partial charge in [0.15, 0.2) is 0 Å². The molecule has 1 aromatic carbocycles. The van der Waals surface area contributed by atoms with Crippen molar-refractivity contribution in [2.45, 2.75) is 6.92 Å². The zero-order valence-electron chi connectivity index (χ0n) is 10.9. The molecule has 1 N–H and O–H groups in total. The molecule has 0 aliphatic rings. The van der Waals surface area contributed by atoms with Crippen LogP contribution in [0.25, 0.3) is 20.9 Å². The molecule has 3 rings (SSSR count). The fourth-order valence-corrected chi connectivity index (χ4v) is 2.89. The first kappa shape index (κ1) is 12.6. The molecule has 0 atom stereocenters. The molecule has 0 saturated carbocycles. The van der Waals surface area contributed by atoms with Gasteiger partial charge in [-0.2, -0.15) is 5.26 Å². The van der Waals surface area contributed by atoms with E-state index in [2.05, 4.69) is 21.4 Å². The highest BCUT2D eigenvalue weighted by Crippen LogP contribution is 2.30. The van der Waals surface area contributed by atoms with Gasteiger partial charge < -0.3 is 5.32 Å². The SMILES string of the molecule is CCNc1nc(-c2nc3ccccc3s2)ccc1C#N. The van der Waals surface area contributed by atoms with Gasteiger partial charge in [0.05, 0.1) is 15.8 Å². The number of nitriles is 1. The summed E-state index contributed by atoms with van der Waals surface area (Å²) in [5, 5.41) is 13.1. The van der Waals surface area contributed by atoms with Gasteiger partial charge in [0, 0.05) is 6.54 Å². The average molecular weight is 280 g/mol. The van der Waals surface area contributed by atoms with Crippen molar-refractivity contribution >= 4 is 27.4 Å². The van der Waals surface area contributed by atoms with E-state index in [1.54, 1.807) is 17.4 Å². The smallest absolute Gasteiger partial charge is 0.144 e. The van der Waals surface area contributed by atoms with Crippen molar-refractivity contribution in [1.29, 1.82) is 5.26 Å². The third-order valence-electron chi connectivity index (χ3n) is 2.87. The first-order chi connectivity index (χ1) is 9.81. The molecule has 0 aliphatic carbocycles. The van der Waals surface area contributed by atoms with Gasteiger partial charge in [-0.25, -0.2) is 9.97 Å². The van der Waals surface area contributed by atoms with Crippen molar-refractivity contribution in [2.24, 2.45) is 0 Å². The molecule has 98 valence electrons. The van der Waals surface area contributed by atoms with Crippen LogP contribution in [0.5, 0.6) is 0 Å². The van der Waals surface area contributed by atoms with Crippen LogP contribution in [0.3, 0.4) is 0 Å². The van der Waals surface area contributed by atoms with Crippen LogP contribution in [0.15, 0.2) is 36.4 Å². The van der Waals surface area contributed by atoms with Gasteiger partial charge >= 0.3 is 0 Å². The summed E-state index contributed by atoms with van der Waals surface area (Å²) in [6.07, 6.45) is 0. The summed E-state index contributed by atoms with van der Waals surface area (Å²) in [4.78, 5) is 9.10. The van der Waals surface area contributed by atoms with E-state index >= 15 is 0 Å². The molecular formula is C15H12N4S. The quantitative estimate of drug-likeness (QED) is 0.795. The number of nitrogens with one attached hydrogen (secondary N) is 1. The van der Waals surface area contributed by atoms with Crippen LogP contribution in [0.4, 0.5) is 5.82 Å². The van der Waals surface area contributed by atoms with E-state index in [0.717, 1.165) is 27.5 Å². The molecule has 2 aromatic heterocycles. The van der Waals surface area contributed by atoms with Crippen LogP contribution in [-0.2, 0) is 0 Å². The molecule has 0 spiro atoms. The number of anilines is 1. The maximum Gasteiger partial charge on any atom is 0.144 e. The Kier molecular flexibility index (Phi) is 3.32. The van der Waals surface area contributed by atoms with E-state index in [1.807, 2.05) is 37.3 Å². The Balaban J connectivity index is 2.09. The maximum absolute atomic E-state index is 9.08. The molecule has 0 fully saturated rings. The van der Waals surface area contributed by atoms with Crippen LogP contribution < -0.4 is 5.32 Å². The lowest BCUT2D eigenvalue weighted by molar-refractivity contribution is 1.15. The van der Waals surface area contributed by atoms with E-state index in [9.17, 15) is 0 Å². The normalized spacial score (nSPS) is 10.4. The van der Waals surface area contributed by atoms with Crippen LogP contribution >= 0.6 is 11.3 Å². The standard InChI is InChI=1S/C15H12N4S/c1-2-17-14-10(9-16)7-8-12(18-14)15-19-11-5-3-4-6-13(11)20-15/h3-8H,2H2,1H3,(H,17,18). The minimum Gasteiger partial charge on any atom is -0.369 e. The number of benzene rings is 1. The fraction of sp³-hybridized carbons (Fsp3) is 0.133. The van der Waals surface area contributed by atoms with Gasteiger partial charge in [-0.05, 0) is 31.2 Å². The number of hydrogen-bond donors (Lipinski definition) is 1. The zero-order chi connectivity index (χ0) is 13.9. The van der Waals surface area contributed by atoms with E-state index < -0.39 is 0 Å². The van der Waals surface area contributed by atoms with E-state index in [4.69, 9.17) is 5.26 Å². The average Bonchev–Trinajstić information content (AvgIpc) is 2.91. The monoisotopic (exact) mass is 280 g/mol. The van der Waals surface area contributed by atoms with Crippen molar-refractivity contribution in [2.75, 3.05) is 11.9 Å². The molecule has 20 heavy (non-hydrogen) atoms. The number of pyridine rings is 1. The molecule has 0 aliphatic heterocycles. The third kappa shape index (κ3) is 2.22. The highest BCUT2D eigenvalue weighted by molar-refractivity contribution is 7.21. The van der Waals surface area contributed by atoms with Crippen molar-refractivity contribution in [3.05, 3.63) is 42.0 Å². The molecule has 0 bridgehead atoms. The van der Waals surface area contributed by atoms with Crippen LogP contribution in [-0.4, -0.2) is 16.5 Å². The first-order valence-electron chi connectivity index (χ1n) is 6.32. The Labute approximate surface area is 120 Å². The van der Waals surface area contributed by atoms with Crippen LogP contribution in [0, 0.1) is 11.3 Å². The highest BCUT2D eigenvalue weighted by Gasteiger charge is 2.10. The second-order valence-electron chi connectivity index (χ2n) is 4.22. The Morgan fingerprint density at radius 3 is 2.80 bits per heavy atom. The number of para-hydroxylation sites is 1. The van der Waals surface area contributed by atoms with Crippen molar-refractivity contribution in [3.8, 4) is 16.8 Å². The summed E-state index contributed by atoms with van der Waals surface area (Å²) in [5.41, 5.74) is 2.32. The van der Waals surface area contributed by atoms with E-state index in [0.29, 0.717) is 11.4 Å². The van der Waals surface area contributed by atoms with Gasteiger partial charge in [-0.15, -0.1) is 11.3 Å². The highest BCUT2D eigenvalue weighted by atomic mass is 32.1. The van der Waals surface area contributed by atoms with Crippen molar-refractivity contribution in [1.82, 2.24) is 9.97 Å². The summed E-state index contributed by atoms with van der Waals surface area (Å²) in [6, 6.07) is 13.8. The Morgan fingerprint density at radius 2 is 2.05 bits per heavy atom. The molecule has 5 heteroatoms. The summed E-state index contributed by atoms with van der Waals surface area (Å²) < 4.78 is 1.14. The lowest BCUT2D eigenvalue weighted by Gasteiger charge is -2.05. The number of aromatic nitrogens is 2. The molecule has 0 radical (unpaired) electrons. The van der Waals surface area contributed by atoms with Gasteiger partial charge in [0.2, 0.25) is 0 Å². The summed E-state index contributed by atoms with van der Waals surface area (Å²) in [6.45, 7) is 2.71. The predicted octanol–water partition coefficient (Wildman–Crippen LogP) is 3.66. The maximum atomic E-state index is 9.08. The predicted molar refractivity (Wildman–Crippen MR) is 81.7 cm³/mol. The Hall–Kier alpha value is -2.45. The van der Waals surface area contributed by atoms with Gasteiger partial charge in [0.25, 0.3) is 0 Å². The van der Waals surface area contributed by atoms with Gasteiger partial charge in [0.1, 0.15) is 22.6 Å². The molecular weight excluding hydrogens is 268 g/mol. The fourth-order valence-electron chi connectivity index (χ4n) is 1.95. The van der Waals surface area contributed by atoms with Crippen LogP contribution in [0.1, 0.15) is 12.5 Å². The number of thiazole rings is 1. The number of hydrogen-bond acceptors (Lipinski definition) is 5. The second-order valence-corrected chi connectivity index (χ2v) is 5.25. The number of nitrogens with zero attached hydrogens (tertiary/aromatic N) is 3. The van der Waals surface area contributed by atoms with Gasteiger partial charge in [-0.3, -0.25) is 0 Å². The van der Waals surface area contributed by atoms with Crippen LogP contribution in [0.2, 0.25) is 0 Å². The largest absolute Gasteiger partial charge is 0.369 e. The lowest BCUT2D eigenvalue weighted by Crippen LogP contribution is -2.02. The van der Waals surface area contributed by atoms with Gasteiger partial charge in [-0.1, -0.05) is 12.1 Å².